The number of piperidine rings is 1. The molecule has 0 aliphatic carbocycles. The van der Waals surface area contributed by atoms with Gasteiger partial charge in [-0.15, -0.1) is 0 Å². The van der Waals surface area contributed by atoms with Crippen LogP contribution in [0.1, 0.15) is 29.8 Å². The molecule has 0 bridgehead atoms. The van der Waals surface area contributed by atoms with E-state index < -0.39 is 6.10 Å². The van der Waals surface area contributed by atoms with Gasteiger partial charge in [0.25, 0.3) is 0 Å². The smallest absolute Gasteiger partial charge is 0.222 e. The third-order valence-electron chi connectivity index (χ3n) is 5.99. The number of hydrogen-bond acceptors (Lipinski definition) is 5. The van der Waals surface area contributed by atoms with E-state index in [9.17, 15) is 9.90 Å². The lowest BCUT2D eigenvalue weighted by atomic mass is 10.0. The first-order valence-electron chi connectivity index (χ1n) is 10.4. The quantitative estimate of drug-likeness (QED) is 0.702. The summed E-state index contributed by atoms with van der Waals surface area (Å²) in [6.45, 7) is 4.87. The van der Waals surface area contributed by atoms with Crippen LogP contribution in [0.5, 0.6) is 5.75 Å². The van der Waals surface area contributed by atoms with Gasteiger partial charge in [-0.3, -0.25) is 14.5 Å². The fourth-order valence-electron chi connectivity index (χ4n) is 4.14. The third-order valence-corrected chi connectivity index (χ3v) is 5.99. The Kier molecular flexibility index (Phi) is 5.72. The monoisotopic (exact) mass is 408 g/mol. The summed E-state index contributed by atoms with van der Waals surface area (Å²) >= 11 is 0. The largest absolute Gasteiger partial charge is 0.488 e. The molecule has 1 saturated heterocycles. The average molecular weight is 409 g/mol. The summed E-state index contributed by atoms with van der Waals surface area (Å²) in [6.07, 6.45) is 2.38. The van der Waals surface area contributed by atoms with Crippen molar-refractivity contribution < 1.29 is 14.6 Å². The fourth-order valence-corrected chi connectivity index (χ4v) is 4.14. The summed E-state index contributed by atoms with van der Waals surface area (Å²) in [7, 11) is 1.92. The zero-order chi connectivity index (χ0) is 21.3. The molecule has 7 nitrogen and oxygen atoms in total. The first-order chi connectivity index (χ1) is 14.4. The molecule has 1 aliphatic heterocycles. The number of carbonyl (C=O) groups is 1. The lowest BCUT2D eigenvalue weighted by molar-refractivity contribution is -0.137. The van der Waals surface area contributed by atoms with Gasteiger partial charge in [0.2, 0.25) is 5.91 Å². The van der Waals surface area contributed by atoms with Crippen LogP contribution in [0.25, 0.3) is 10.9 Å². The van der Waals surface area contributed by atoms with Crippen molar-refractivity contribution in [1.82, 2.24) is 19.7 Å². The first-order valence-corrected chi connectivity index (χ1v) is 10.4. The Morgan fingerprint density at radius 1 is 1.30 bits per heavy atom. The number of nitrogens with zero attached hydrogens (tertiary/aromatic N) is 4. The normalized spacial score (nSPS) is 19.3. The van der Waals surface area contributed by atoms with Gasteiger partial charge in [0.15, 0.2) is 0 Å². The molecule has 0 saturated carbocycles. The number of aryl methyl sites for hydroxylation is 2. The number of likely N-dealkylation sites (tertiary alicyclic amines) is 1. The molecule has 2 atom stereocenters. The zero-order valence-electron chi connectivity index (χ0n) is 17.7. The van der Waals surface area contributed by atoms with Crippen molar-refractivity contribution in [2.24, 2.45) is 7.05 Å². The lowest BCUT2D eigenvalue weighted by Crippen LogP contribution is -2.51. The van der Waals surface area contributed by atoms with Gasteiger partial charge in [-0.2, -0.15) is 5.10 Å². The molecule has 1 N–H and O–H groups in total. The highest BCUT2D eigenvalue weighted by molar-refractivity contribution is 5.79. The van der Waals surface area contributed by atoms with E-state index in [0.29, 0.717) is 38.1 Å². The molecule has 1 aromatic carbocycles. The molecule has 1 aliphatic rings. The minimum Gasteiger partial charge on any atom is -0.488 e. The number of fused-ring (bicyclic) bond motifs is 1. The van der Waals surface area contributed by atoms with Gasteiger partial charge >= 0.3 is 0 Å². The van der Waals surface area contributed by atoms with E-state index in [2.05, 4.69) is 10.1 Å². The number of ether oxygens (including phenoxy) is 1. The van der Waals surface area contributed by atoms with Crippen molar-refractivity contribution in [1.29, 1.82) is 0 Å². The number of aliphatic hydroxyl groups is 1. The van der Waals surface area contributed by atoms with E-state index in [1.807, 2.05) is 55.9 Å². The fraction of sp³-hybridized carbons (Fsp3) is 0.435. The maximum absolute atomic E-state index is 12.7. The molecule has 158 valence electrons. The van der Waals surface area contributed by atoms with Crippen molar-refractivity contribution in [3.63, 3.8) is 0 Å². The SMILES string of the molecule is Cc1nn(C)c(C)c1CCC(=O)N1CC[C@@H](Oc2ccc3cccnc3c2)[C@H](O)C1. The predicted molar refractivity (Wildman–Crippen MR) is 114 cm³/mol. The summed E-state index contributed by atoms with van der Waals surface area (Å²) in [5.41, 5.74) is 4.06. The number of benzene rings is 1. The highest BCUT2D eigenvalue weighted by atomic mass is 16.5. The van der Waals surface area contributed by atoms with E-state index in [4.69, 9.17) is 4.74 Å². The van der Waals surface area contributed by atoms with Crippen molar-refractivity contribution in [2.45, 2.75) is 45.3 Å². The molecule has 2 aromatic heterocycles. The molecule has 3 heterocycles. The molecular formula is C23H28N4O3. The van der Waals surface area contributed by atoms with E-state index in [1.54, 1.807) is 11.1 Å². The van der Waals surface area contributed by atoms with Crippen LogP contribution >= 0.6 is 0 Å². The van der Waals surface area contributed by atoms with Crippen molar-refractivity contribution in [2.75, 3.05) is 13.1 Å². The van der Waals surface area contributed by atoms with Crippen molar-refractivity contribution in [3.8, 4) is 5.75 Å². The Bertz CT molecular complexity index is 1060. The van der Waals surface area contributed by atoms with Crippen LogP contribution in [0.4, 0.5) is 0 Å². The van der Waals surface area contributed by atoms with Gasteiger partial charge in [-0.05, 0) is 44.0 Å². The number of amides is 1. The highest BCUT2D eigenvalue weighted by Crippen LogP contribution is 2.24. The summed E-state index contributed by atoms with van der Waals surface area (Å²) in [6, 6.07) is 9.64. The lowest BCUT2D eigenvalue weighted by Gasteiger charge is -2.36. The second-order valence-corrected chi connectivity index (χ2v) is 7.98. The van der Waals surface area contributed by atoms with Crippen molar-refractivity contribution >= 4 is 16.8 Å². The topological polar surface area (TPSA) is 80.5 Å². The summed E-state index contributed by atoms with van der Waals surface area (Å²) in [4.78, 5) is 18.8. The number of pyridine rings is 1. The van der Waals surface area contributed by atoms with E-state index in [-0.39, 0.29) is 12.0 Å². The summed E-state index contributed by atoms with van der Waals surface area (Å²) in [5, 5.41) is 16.1. The van der Waals surface area contributed by atoms with Crippen LogP contribution in [0.15, 0.2) is 36.5 Å². The molecule has 0 spiro atoms. The minimum atomic E-state index is -0.719. The minimum absolute atomic E-state index is 0.0602. The molecule has 1 amide bonds. The third kappa shape index (κ3) is 4.16. The first kappa shape index (κ1) is 20.3. The van der Waals surface area contributed by atoms with Crippen LogP contribution in [0.3, 0.4) is 0 Å². The van der Waals surface area contributed by atoms with Gasteiger partial charge in [0, 0.05) is 49.8 Å². The van der Waals surface area contributed by atoms with Crippen LogP contribution in [0, 0.1) is 13.8 Å². The van der Waals surface area contributed by atoms with E-state index in [1.165, 1.54) is 0 Å². The van der Waals surface area contributed by atoms with Gasteiger partial charge in [0.1, 0.15) is 18.0 Å². The predicted octanol–water partition coefficient (Wildman–Crippen LogP) is 2.56. The van der Waals surface area contributed by atoms with Crippen molar-refractivity contribution in [3.05, 3.63) is 53.5 Å². The molecule has 0 unspecified atom stereocenters. The molecule has 3 aromatic rings. The van der Waals surface area contributed by atoms with Gasteiger partial charge < -0.3 is 14.7 Å². The second kappa shape index (κ2) is 8.44. The molecule has 4 rings (SSSR count). The Hall–Kier alpha value is -2.93. The number of aromatic nitrogens is 3. The van der Waals surface area contributed by atoms with Gasteiger partial charge in [-0.25, -0.2) is 0 Å². The zero-order valence-corrected chi connectivity index (χ0v) is 17.7. The van der Waals surface area contributed by atoms with E-state index in [0.717, 1.165) is 27.9 Å². The molecule has 30 heavy (non-hydrogen) atoms. The van der Waals surface area contributed by atoms with Crippen LogP contribution in [-0.2, 0) is 18.3 Å². The average Bonchev–Trinajstić information content (AvgIpc) is 2.98. The van der Waals surface area contributed by atoms with Crippen LogP contribution in [-0.4, -0.2) is 56.0 Å². The maximum Gasteiger partial charge on any atom is 0.222 e. The Morgan fingerprint density at radius 3 is 2.87 bits per heavy atom. The molecule has 1 fully saturated rings. The van der Waals surface area contributed by atoms with Gasteiger partial charge in [0.05, 0.1) is 17.8 Å². The Balaban J connectivity index is 1.33. The number of carbonyl (C=O) groups excluding carboxylic acids is 1. The number of aliphatic hydroxyl groups excluding tert-OH is 1. The number of β-amino-alcohol motifs (C(OH)–C–C–N with tert-alkyl or cyclic N) is 1. The molecule has 7 heteroatoms. The highest BCUT2D eigenvalue weighted by Gasteiger charge is 2.31. The maximum atomic E-state index is 12.7. The Morgan fingerprint density at radius 2 is 2.13 bits per heavy atom. The van der Waals surface area contributed by atoms with Crippen LogP contribution in [0.2, 0.25) is 0 Å². The summed E-state index contributed by atoms with van der Waals surface area (Å²) < 4.78 is 7.88. The standard InChI is InChI=1S/C23H28N4O3/c1-15-19(16(2)26(3)25-15)8-9-23(29)27-12-10-22(21(28)14-27)30-18-7-6-17-5-4-11-24-20(17)13-18/h4-7,11,13,21-22,28H,8-10,12,14H2,1-3H3/t21-,22-/m1/s1. The molecule has 0 radical (unpaired) electrons. The van der Waals surface area contributed by atoms with E-state index >= 15 is 0 Å². The number of hydrogen-bond donors (Lipinski definition) is 1. The molecular weight excluding hydrogens is 380 g/mol. The van der Waals surface area contributed by atoms with Crippen LogP contribution < -0.4 is 4.74 Å². The summed E-state index contributed by atoms with van der Waals surface area (Å²) in [5.74, 6) is 0.748. The number of rotatable bonds is 5. The second-order valence-electron chi connectivity index (χ2n) is 7.98. The Labute approximate surface area is 176 Å². The van der Waals surface area contributed by atoms with Gasteiger partial charge in [-0.1, -0.05) is 6.07 Å².